The molecule has 1 aromatic carbocycles. The Balaban J connectivity index is 1.64. The zero-order valence-corrected chi connectivity index (χ0v) is 18.8. The fourth-order valence-electron chi connectivity index (χ4n) is 4.22. The first-order valence-electron chi connectivity index (χ1n) is 10.5. The Morgan fingerprint density at radius 3 is 2.34 bits per heavy atom. The molecule has 3 aromatic heterocycles. The molecular formula is C25H24N6S. The molecule has 0 amide bonds. The molecule has 1 saturated heterocycles. The van der Waals surface area contributed by atoms with Crippen molar-refractivity contribution in [2.24, 2.45) is 0 Å². The number of pyridine rings is 2. The van der Waals surface area contributed by atoms with Crippen LogP contribution in [0, 0.1) is 0 Å². The van der Waals surface area contributed by atoms with E-state index in [1.165, 1.54) is 0 Å². The van der Waals surface area contributed by atoms with E-state index < -0.39 is 0 Å². The average molecular weight is 441 g/mol. The number of anilines is 2. The molecule has 4 heterocycles. The number of nitrogens with one attached hydrogen (secondary N) is 1. The van der Waals surface area contributed by atoms with Crippen molar-refractivity contribution >= 4 is 28.7 Å². The maximum absolute atomic E-state index is 5.85. The van der Waals surface area contributed by atoms with E-state index >= 15 is 0 Å². The minimum Gasteiger partial charge on any atom is -0.378 e. The summed E-state index contributed by atoms with van der Waals surface area (Å²) in [4.78, 5) is 13.1. The van der Waals surface area contributed by atoms with Crippen LogP contribution in [-0.2, 0) is 0 Å². The quantitative estimate of drug-likeness (QED) is 0.461. The molecule has 5 rings (SSSR count). The second-order valence-corrected chi connectivity index (χ2v) is 8.30. The molecule has 6 nitrogen and oxygen atoms in total. The molecule has 0 spiro atoms. The third-order valence-electron chi connectivity index (χ3n) is 5.77. The second kappa shape index (κ2) is 8.43. The maximum Gasteiger partial charge on any atom is 0.174 e. The summed E-state index contributed by atoms with van der Waals surface area (Å²) in [5.41, 5.74) is 5.31. The van der Waals surface area contributed by atoms with Crippen molar-refractivity contribution in [3.8, 4) is 5.69 Å². The molecule has 0 bridgehead atoms. The van der Waals surface area contributed by atoms with Gasteiger partial charge >= 0.3 is 0 Å². The first-order chi connectivity index (χ1) is 15.6. The summed E-state index contributed by atoms with van der Waals surface area (Å²) in [6, 6.07) is 22.5. The van der Waals surface area contributed by atoms with Gasteiger partial charge in [-0.25, -0.2) is 0 Å². The number of hydrogen-bond acceptors (Lipinski definition) is 4. The topological polar surface area (TPSA) is 49.2 Å². The van der Waals surface area contributed by atoms with E-state index in [4.69, 9.17) is 12.2 Å². The van der Waals surface area contributed by atoms with Gasteiger partial charge in [0.1, 0.15) is 6.04 Å². The lowest BCUT2D eigenvalue weighted by molar-refractivity contribution is 0.549. The van der Waals surface area contributed by atoms with Crippen molar-refractivity contribution in [3.63, 3.8) is 0 Å². The van der Waals surface area contributed by atoms with Crippen LogP contribution in [0.25, 0.3) is 5.69 Å². The summed E-state index contributed by atoms with van der Waals surface area (Å²) in [6.07, 6.45) is 7.53. The second-order valence-electron chi connectivity index (χ2n) is 7.92. The van der Waals surface area contributed by atoms with E-state index in [0.717, 1.165) is 28.5 Å². The molecular weight excluding hydrogens is 416 g/mol. The minimum atomic E-state index is -0.0901. The van der Waals surface area contributed by atoms with Crippen LogP contribution in [0.1, 0.15) is 23.5 Å². The van der Waals surface area contributed by atoms with Crippen LogP contribution in [0.4, 0.5) is 11.4 Å². The Bertz CT molecular complexity index is 1200. The monoisotopic (exact) mass is 440 g/mol. The van der Waals surface area contributed by atoms with Crippen LogP contribution in [0.15, 0.2) is 91.5 Å². The van der Waals surface area contributed by atoms with Gasteiger partial charge in [0.15, 0.2) is 5.11 Å². The van der Waals surface area contributed by atoms with Crippen LogP contribution in [0.2, 0.25) is 0 Å². The molecule has 7 heteroatoms. The first-order valence-corrected chi connectivity index (χ1v) is 10.9. The van der Waals surface area contributed by atoms with Gasteiger partial charge in [-0.2, -0.15) is 0 Å². The van der Waals surface area contributed by atoms with Crippen molar-refractivity contribution in [2.45, 2.75) is 12.1 Å². The molecule has 1 aliphatic heterocycles. The highest BCUT2D eigenvalue weighted by Gasteiger charge is 2.42. The van der Waals surface area contributed by atoms with Crippen molar-refractivity contribution in [2.75, 3.05) is 23.9 Å². The predicted octanol–water partition coefficient (Wildman–Crippen LogP) is 4.51. The molecule has 32 heavy (non-hydrogen) atoms. The lowest BCUT2D eigenvalue weighted by atomic mass is 10.0. The summed E-state index contributed by atoms with van der Waals surface area (Å²) in [5, 5.41) is 4.22. The fourth-order valence-corrected chi connectivity index (χ4v) is 4.57. The Kier molecular flexibility index (Phi) is 5.33. The summed E-state index contributed by atoms with van der Waals surface area (Å²) in [5.74, 6) is 0. The predicted molar refractivity (Wildman–Crippen MR) is 132 cm³/mol. The van der Waals surface area contributed by atoms with E-state index in [1.807, 2.05) is 63.0 Å². The molecule has 0 radical (unpaired) electrons. The molecule has 1 aliphatic rings. The van der Waals surface area contributed by atoms with Crippen LogP contribution >= 0.6 is 12.2 Å². The van der Waals surface area contributed by atoms with E-state index in [9.17, 15) is 0 Å². The van der Waals surface area contributed by atoms with Gasteiger partial charge in [-0.1, -0.05) is 6.07 Å². The van der Waals surface area contributed by atoms with Gasteiger partial charge < -0.3 is 19.7 Å². The van der Waals surface area contributed by atoms with E-state index in [-0.39, 0.29) is 12.1 Å². The first kappa shape index (κ1) is 20.2. The van der Waals surface area contributed by atoms with Gasteiger partial charge in [-0.15, -0.1) is 0 Å². The third kappa shape index (κ3) is 3.61. The Labute approximate surface area is 193 Å². The van der Waals surface area contributed by atoms with Gasteiger partial charge in [0, 0.05) is 61.6 Å². The lowest BCUT2D eigenvalue weighted by Crippen LogP contribution is -2.30. The number of hydrogen-bond donors (Lipinski definition) is 1. The molecule has 0 unspecified atom stereocenters. The molecule has 0 aliphatic carbocycles. The zero-order chi connectivity index (χ0) is 22.1. The van der Waals surface area contributed by atoms with Crippen LogP contribution in [0.5, 0.6) is 0 Å². The number of thiocarbonyl (C=S) groups is 1. The summed E-state index contributed by atoms with van der Waals surface area (Å²) >= 11 is 5.85. The van der Waals surface area contributed by atoms with Crippen molar-refractivity contribution in [1.82, 2.24) is 19.9 Å². The highest BCUT2D eigenvalue weighted by atomic mass is 32.1. The summed E-state index contributed by atoms with van der Waals surface area (Å²) in [6.45, 7) is 0. The maximum atomic E-state index is 5.85. The minimum absolute atomic E-state index is 0.0780. The Morgan fingerprint density at radius 1 is 0.875 bits per heavy atom. The summed E-state index contributed by atoms with van der Waals surface area (Å²) in [7, 11) is 4.08. The van der Waals surface area contributed by atoms with Crippen LogP contribution in [0.3, 0.4) is 0 Å². The van der Waals surface area contributed by atoms with Gasteiger partial charge in [0.05, 0.1) is 11.7 Å². The van der Waals surface area contributed by atoms with Crippen LogP contribution in [-0.4, -0.2) is 33.7 Å². The van der Waals surface area contributed by atoms with E-state index in [0.29, 0.717) is 5.11 Å². The molecule has 0 saturated carbocycles. The average Bonchev–Trinajstić information content (AvgIpc) is 3.44. The van der Waals surface area contributed by atoms with Crippen molar-refractivity contribution in [3.05, 3.63) is 103 Å². The van der Waals surface area contributed by atoms with Crippen molar-refractivity contribution in [1.29, 1.82) is 0 Å². The van der Waals surface area contributed by atoms with Gasteiger partial charge in [-0.05, 0) is 72.9 Å². The highest BCUT2D eigenvalue weighted by molar-refractivity contribution is 7.80. The van der Waals surface area contributed by atoms with Gasteiger partial charge in [-0.3, -0.25) is 9.97 Å². The van der Waals surface area contributed by atoms with E-state index in [1.54, 1.807) is 0 Å². The van der Waals surface area contributed by atoms with Crippen LogP contribution < -0.4 is 15.1 Å². The lowest BCUT2D eigenvalue weighted by Gasteiger charge is -2.29. The molecule has 2 atom stereocenters. The van der Waals surface area contributed by atoms with Gasteiger partial charge in [0.25, 0.3) is 0 Å². The Hall–Kier alpha value is -3.71. The van der Waals surface area contributed by atoms with Crippen molar-refractivity contribution < 1.29 is 0 Å². The number of benzene rings is 1. The SMILES string of the molecule is CN(C)c1ccc(N2C(=S)N[C@@H](c3ccccn3)[C@H]2c2cccn2-c2ccncc2)cc1. The Morgan fingerprint density at radius 2 is 1.66 bits per heavy atom. The standard InChI is InChI=1S/C25H24N6S/c1-29(2)18-8-10-20(11-9-18)31-24(23(28-25(31)32)21-6-3-4-14-27-21)22-7-5-17-30(22)19-12-15-26-16-13-19/h3-17,23-24H,1-2H3,(H,28,32)/t23-,24+/m0/s1. The highest BCUT2D eigenvalue weighted by Crippen LogP contribution is 2.42. The molecule has 1 fully saturated rings. The largest absolute Gasteiger partial charge is 0.378 e. The number of nitrogens with zero attached hydrogens (tertiary/aromatic N) is 5. The summed E-state index contributed by atoms with van der Waals surface area (Å²) < 4.78 is 2.19. The zero-order valence-electron chi connectivity index (χ0n) is 18.0. The number of rotatable bonds is 5. The van der Waals surface area contributed by atoms with Gasteiger partial charge in [0.2, 0.25) is 0 Å². The molecule has 160 valence electrons. The smallest absolute Gasteiger partial charge is 0.174 e. The van der Waals surface area contributed by atoms with E-state index in [2.05, 4.69) is 72.2 Å². The molecule has 1 N–H and O–H groups in total. The number of aromatic nitrogens is 3. The fraction of sp³-hybridized carbons (Fsp3) is 0.160. The third-order valence-corrected chi connectivity index (χ3v) is 6.08. The normalized spacial score (nSPS) is 17.9. The molecule has 4 aromatic rings.